The zero-order valence-corrected chi connectivity index (χ0v) is 22.8. The van der Waals surface area contributed by atoms with Crippen LogP contribution < -0.4 is 15.4 Å². The molecule has 1 aromatic heterocycles. The Labute approximate surface area is 215 Å². The van der Waals surface area contributed by atoms with E-state index in [-0.39, 0.29) is 30.0 Å². The van der Waals surface area contributed by atoms with E-state index in [1.54, 1.807) is 13.4 Å². The molecule has 1 aromatic carbocycles. The Morgan fingerprint density at radius 2 is 1.91 bits per heavy atom. The molecule has 33 heavy (non-hydrogen) atoms. The fraction of sp³-hybridized carbons (Fsp3) is 0.625. The van der Waals surface area contributed by atoms with Gasteiger partial charge in [-0.2, -0.15) is 0 Å². The Hall–Kier alpha value is -1.88. The summed E-state index contributed by atoms with van der Waals surface area (Å²) in [6.45, 7) is 11.0. The van der Waals surface area contributed by atoms with Gasteiger partial charge in [0.2, 0.25) is 0 Å². The average Bonchev–Trinajstić information content (AvgIpc) is 3.51. The van der Waals surface area contributed by atoms with E-state index in [0.717, 1.165) is 56.6 Å². The van der Waals surface area contributed by atoms with Crippen LogP contribution in [0.15, 0.2) is 35.6 Å². The highest BCUT2D eigenvalue weighted by molar-refractivity contribution is 14.0. The normalized spacial score (nSPS) is 16.2. The van der Waals surface area contributed by atoms with E-state index in [2.05, 4.69) is 63.2 Å². The second kappa shape index (κ2) is 14.4. The average molecular weight is 570 g/mol. The maximum Gasteiger partial charge on any atom is 0.191 e. The molecule has 1 fully saturated rings. The molecule has 0 radical (unpaired) electrons. The van der Waals surface area contributed by atoms with Gasteiger partial charge >= 0.3 is 0 Å². The van der Waals surface area contributed by atoms with Crippen molar-refractivity contribution in [3.63, 3.8) is 0 Å². The number of rotatable bonds is 11. The molecule has 0 saturated carbocycles. The summed E-state index contributed by atoms with van der Waals surface area (Å²) < 4.78 is 7.44. The van der Waals surface area contributed by atoms with E-state index in [4.69, 9.17) is 9.73 Å². The molecule has 2 unspecified atom stereocenters. The molecular formula is C24H40IN7O. The molecule has 2 aromatic rings. The second-order valence-corrected chi connectivity index (χ2v) is 8.40. The third-order valence-corrected chi connectivity index (χ3v) is 6.16. The van der Waals surface area contributed by atoms with Gasteiger partial charge < -0.3 is 19.9 Å². The number of halogens is 1. The summed E-state index contributed by atoms with van der Waals surface area (Å²) in [5.74, 6) is 2.76. The van der Waals surface area contributed by atoms with E-state index in [1.807, 2.05) is 12.1 Å². The first-order valence-electron chi connectivity index (χ1n) is 11.9. The highest BCUT2D eigenvalue weighted by Gasteiger charge is 2.23. The molecule has 2 N–H and O–H groups in total. The minimum absolute atomic E-state index is 0. The number of ether oxygens (including phenoxy) is 1. The third kappa shape index (κ3) is 8.13. The number of aryl methyl sites for hydroxylation is 1. The number of guanidine groups is 1. The maximum atomic E-state index is 5.35. The molecule has 0 spiro atoms. The third-order valence-electron chi connectivity index (χ3n) is 6.16. The summed E-state index contributed by atoms with van der Waals surface area (Å²) in [5.41, 5.74) is 1.29. The van der Waals surface area contributed by atoms with Crippen LogP contribution in [0.3, 0.4) is 0 Å². The van der Waals surface area contributed by atoms with E-state index >= 15 is 0 Å². The fourth-order valence-corrected chi connectivity index (χ4v) is 4.01. The molecule has 3 rings (SSSR count). The van der Waals surface area contributed by atoms with Gasteiger partial charge in [-0.15, -0.1) is 34.2 Å². The Bertz CT molecular complexity index is 834. The zero-order chi connectivity index (χ0) is 22.8. The zero-order valence-electron chi connectivity index (χ0n) is 20.5. The number of nitrogens with zero attached hydrogens (tertiary/aromatic N) is 5. The number of nitrogens with one attached hydrogen (secondary N) is 2. The number of aromatic nitrogens is 3. The van der Waals surface area contributed by atoms with Gasteiger partial charge in [-0.05, 0) is 57.0 Å². The number of hydrogen-bond acceptors (Lipinski definition) is 5. The highest BCUT2D eigenvalue weighted by Crippen LogP contribution is 2.27. The molecule has 184 valence electrons. The number of benzene rings is 1. The van der Waals surface area contributed by atoms with Crippen molar-refractivity contribution >= 4 is 29.9 Å². The molecule has 0 bridgehead atoms. The molecule has 8 nitrogen and oxygen atoms in total. The van der Waals surface area contributed by atoms with Crippen molar-refractivity contribution in [3.8, 4) is 5.75 Å². The Kier molecular flexibility index (Phi) is 11.9. The molecule has 2 atom stereocenters. The molecular weight excluding hydrogens is 529 g/mol. The van der Waals surface area contributed by atoms with Crippen LogP contribution in [0.5, 0.6) is 5.75 Å². The number of aliphatic imine (C=N–C) groups is 1. The van der Waals surface area contributed by atoms with Gasteiger partial charge in [0, 0.05) is 25.6 Å². The standard InChI is InChI=1S/C24H39N7O.HI/c1-5-19(3)28-24(25-13-16-31-18-27-29-23(31)6-2)26-17-22(30-14-7-8-15-30)20-9-11-21(32-4)12-10-20;/h9-12,18-19,22H,5-8,13-17H2,1-4H3,(H2,25,26,28);1H. The number of hydrogen-bond donors (Lipinski definition) is 2. The summed E-state index contributed by atoms with van der Waals surface area (Å²) in [4.78, 5) is 7.57. The maximum absolute atomic E-state index is 5.35. The molecule has 9 heteroatoms. The number of methoxy groups -OCH3 is 1. The van der Waals surface area contributed by atoms with E-state index in [9.17, 15) is 0 Å². The lowest BCUT2D eigenvalue weighted by Gasteiger charge is -2.27. The minimum Gasteiger partial charge on any atom is -0.497 e. The second-order valence-electron chi connectivity index (χ2n) is 8.40. The highest BCUT2D eigenvalue weighted by atomic mass is 127. The van der Waals surface area contributed by atoms with Crippen LogP contribution >= 0.6 is 24.0 Å². The van der Waals surface area contributed by atoms with Crippen molar-refractivity contribution in [1.82, 2.24) is 30.3 Å². The van der Waals surface area contributed by atoms with Gasteiger partial charge in [0.25, 0.3) is 0 Å². The van der Waals surface area contributed by atoms with Crippen molar-refractivity contribution < 1.29 is 4.74 Å². The summed E-state index contributed by atoms with van der Waals surface area (Å²) >= 11 is 0. The van der Waals surface area contributed by atoms with E-state index in [1.165, 1.54) is 18.4 Å². The van der Waals surface area contributed by atoms with Crippen molar-refractivity contribution in [3.05, 3.63) is 42.0 Å². The lowest BCUT2D eigenvalue weighted by molar-refractivity contribution is 0.251. The first-order chi connectivity index (χ1) is 15.6. The monoisotopic (exact) mass is 569 g/mol. The van der Waals surface area contributed by atoms with Crippen LogP contribution in [0, 0.1) is 0 Å². The van der Waals surface area contributed by atoms with E-state index in [0.29, 0.717) is 12.6 Å². The topological polar surface area (TPSA) is 79.6 Å². The smallest absolute Gasteiger partial charge is 0.191 e. The van der Waals surface area contributed by atoms with Crippen LogP contribution in [-0.2, 0) is 13.0 Å². The Morgan fingerprint density at radius 3 is 2.55 bits per heavy atom. The van der Waals surface area contributed by atoms with Gasteiger partial charge in [-0.1, -0.05) is 26.0 Å². The quantitative estimate of drug-likeness (QED) is 0.245. The Morgan fingerprint density at radius 1 is 1.18 bits per heavy atom. The first-order valence-corrected chi connectivity index (χ1v) is 11.9. The Balaban J connectivity index is 0.00000385. The van der Waals surface area contributed by atoms with E-state index < -0.39 is 0 Å². The van der Waals surface area contributed by atoms with Crippen LogP contribution in [0.4, 0.5) is 0 Å². The van der Waals surface area contributed by atoms with Crippen molar-refractivity contribution in [1.29, 1.82) is 0 Å². The van der Waals surface area contributed by atoms with Gasteiger partial charge in [0.1, 0.15) is 17.9 Å². The lowest BCUT2D eigenvalue weighted by Crippen LogP contribution is -2.43. The molecule has 1 aliphatic heterocycles. The minimum atomic E-state index is 0. The summed E-state index contributed by atoms with van der Waals surface area (Å²) in [5, 5.41) is 15.3. The van der Waals surface area contributed by atoms with Crippen molar-refractivity contribution in [2.24, 2.45) is 4.99 Å². The van der Waals surface area contributed by atoms with Crippen molar-refractivity contribution in [2.75, 3.05) is 33.3 Å². The molecule has 1 aliphatic rings. The van der Waals surface area contributed by atoms with Crippen LogP contribution in [-0.4, -0.2) is 65.0 Å². The largest absolute Gasteiger partial charge is 0.497 e. The number of likely N-dealkylation sites (tertiary alicyclic amines) is 1. The lowest BCUT2D eigenvalue weighted by atomic mass is 10.1. The van der Waals surface area contributed by atoms with Crippen LogP contribution in [0.1, 0.15) is 57.5 Å². The molecule has 0 amide bonds. The fourth-order valence-electron chi connectivity index (χ4n) is 4.01. The van der Waals surface area contributed by atoms with Crippen LogP contribution in [0.2, 0.25) is 0 Å². The molecule has 0 aliphatic carbocycles. The first kappa shape index (κ1) is 27.4. The molecule has 1 saturated heterocycles. The predicted molar refractivity (Wildman–Crippen MR) is 145 cm³/mol. The summed E-state index contributed by atoms with van der Waals surface area (Å²) in [6, 6.07) is 9.05. The van der Waals surface area contributed by atoms with Gasteiger partial charge in [0.15, 0.2) is 5.96 Å². The van der Waals surface area contributed by atoms with Gasteiger partial charge in [0.05, 0.1) is 19.7 Å². The SMILES string of the molecule is CCc1nncn1CCNC(=NCC(c1ccc(OC)cc1)N1CCCC1)NC(C)CC.I. The summed E-state index contributed by atoms with van der Waals surface area (Å²) in [6.07, 6.45) is 6.23. The summed E-state index contributed by atoms with van der Waals surface area (Å²) in [7, 11) is 1.71. The van der Waals surface area contributed by atoms with Crippen LogP contribution in [0.25, 0.3) is 0 Å². The predicted octanol–water partition coefficient (Wildman–Crippen LogP) is 3.64. The molecule has 2 heterocycles. The van der Waals surface area contributed by atoms with Gasteiger partial charge in [-0.3, -0.25) is 9.89 Å². The van der Waals surface area contributed by atoms with Crippen molar-refractivity contribution in [2.45, 2.75) is 65.1 Å². The van der Waals surface area contributed by atoms with Gasteiger partial charge in [-0.25, -0.2) is 0 Å².